The van der Waals surface area contributed by atoms with Crippen LogP contribution in [0.2, 0.25) is 0 Å². The van der Waals surface area contributed by atoms with Gasteiger partial charge in [-0.05, 0) is 25.8 Å². The lowest BCUT2D eigenvalue weighted by atomic mass is 10.1. The number of carbonyl (C=O) groups is 1. The molecular formula is C15H22N2O2. The van der Waals surface area contributed by atoms with Gasteiger partial charge in [0.2, 0.25) is 5.91 Å². The SMILES string of the molecule is CCN(Cc1cccc(C)c1)C(=O)C1CC(O)CN1. The molecule has 2 rings (SSSR count). The number of amides is 1. The molecule has 1 aromatic carbocycles. The van der Waals surface area contributed by atoms with Crippen molar-refractivity contribution >= 4 is 5.91 Å². The molecular weight excluding hydrogens is 240 g/mol. The van der Waals surface area contributed by atoms with Crippen molar-refractivity contribution in [1.82, 2.24) is 10.2 Å². The molecule has 4 nitrogen and oxygen atoms in total. The maximum atomic E-state index is 12.4. The van der Waals surface area contributed by atoms with Gasteiger partial charge in [0.05, 0.1) is 12.1 Å². The minimum atomic E-state index is -0.397. The second-order valence-corrected chi connectivity index (χ2v) is 5.19. The molecule has 2 unspecified atom stereocenters. The molecule has 1 aromatic rings. The van der Waals surface area contributed by atoms with E-state index in [1.54, 1.807) is 0 Å². The van der Waals surface area contributed by atoms with E-state index in [9.17, 15) is 9.90 Å². The number of hydrogen-bond donors (Lipinski definition) is 2. The summed E-state index contributed by atoms with van der Waals surface area (Å²) in [5.41, 5.74) is 2.35. The molecule has 1 aliphatic rings. The first-order valence-corrected chi connectivity index (χ1v) is 6.86. The highest BCUT2D eigenvalue weighted by molar-refractivity contribution is 5.82. The van der Waals surface area contributed by atoms with E-state index in [-0.39, 0.29) is 11.9 Å². The van der Waals surface area contributed by atoms with Gasteiger partial charge in [0, 0.05) is 19.6 Å². The minimum Gasteiger partial charge on any atom is -0.392 e. The summed E-state index contributed by atoms with van der Waals surface area (Å²) in [6, 6.07) is 7.98. The predicted octanol–water partition coefficient (Wildman–Crippen LogP) is 1.07. The van der Waals surface area contributed by atoms with E-state index in [1.807, 2.05) is 24.0 Å². The molecule has 0 aliphatic carbocycles. The van der Waals surface area contributed by atoms with Crippen LogP contribution in [0.1, 0.15) is 24.5 Å². The van der Waals surface area contributed by atoms with E-state index in [4.69, 9.17) is 0 Å². The number of nitrogens with one attached hydrogen (secondary N) is 1. The summed E-state index contributed by atoms with van der Waals surface area (Å²) in [4.78, 5) is 14.2. The van der Waals surface area contributed by atoms with Gasteiger partial charge in [0.15, 0.2) is 0 Å². The van der Waals surface area contributed by atoms with Crippen molar-refractivity contribution in [3.63, 3.8) is 0 Å². The number of β-amino-alcohol motifs (C(OH)–C–C–N with tert-alkyl or cyclic N) is 1. The zero-order valence-electron chi connectivity index (χ0n) is 11.6. The molecule has 2 N–H and O–H groups in total. The smallest absolute Gasteiger partial charge is 0.240 e. The number of aryl methyl sites for hydroxylation is 1. The Morgan fingerprint density at radius 2 is 2.32 bits per heavy atom. The number of hydrogen-bond acceptors (Lipinski definition) is 3. The van der Waals surface area contributed by atoms with Crippen LogP contribution >= 0.6 is 0 Å². The molecule has 2 atom stereocenters. The molecule has 0 radical (unpaired) electrons. The van der Waals surface area contributed by atoms with E-state index in [1.165, 1.54) is 5.56 Å². The highest BCUT2D eigenvalue weighted by Gasteiger charge is 2.30. The number of aliphatic hydroxyl groups excluding tert-OH is 1. The van der Waals surface area contributed by atoms with Gasteiger partial charge in [-0.3, -0.25) is 4.79 Å². The van der Waals surface area contributed by atoms with Gasteiger partial charge in [0.1, 0.15) is 0 Å². The lowest BCUT2D eigenvalue weighted by molar-refractivity contribution is -0.133. The van der Waals surface area contributed by atoms with Crippen molar-refractivity contribution in [3.05, 3.63) is 35.4 Å². The van der Waals surface area contributed by atoms with Gasteiger partial charge in [0.25, 0.3) is 0 Å². The molecule has 1 fully saturated rings. The van der Waals surface area contributed by atoms with Gasteiger partial charge in [-0.1, -0.05) is 29.8 Å². The van der Waals surface area contributed by atoms with Crippen LogP contribution in [0.4, 0.5) is 0 Å². The number of carbonyl (C=O) groups excluding carboxylic acids is 1. The number of benzene rings is 1. The summed E-state index contributed by atoms with van der Waals surface area (Å²) in [7, 11) is 0. The average molecular weight is 262 g/mol. The molecule has 19 heavy (non-hydrogen) atoms. The summed E-state index contributed by atoms with van der Waals surface area (Å²) < 4.78 is 0. The van der Waals surface area contributed by atoms with E-state index in [0.29, 0.717) is 26.1 Å². The van der Waals surface area contributed by atoms with Crippen molar-refractivity contribution < 1.29 is 9.90 Å². The monoisotopic (exact) mass is 262 g/mol. The maximum Gasteiger partial charge on any atom is 0.240 e. The quantitative estimate of drug-likeness (QED) is 0.853. The fourth-order valence-corrected chi connectivity index (χ4v) is 2.50. The molecule has 0 saturated carbocycles. The van der Waals surface area contributed by atoms with Gasteiger partial charge >= 0.3 is 0 Å². The van der Waals surface area contributed by atoms with Crippen molar-refractivity contribution in [2.75, 3.05) is 13.1 Å². The number of likely N-dealkylation sites (N-methyl/N-ethyl adjacent to an activating group) is 1. The highest BCUT2D eigenvalue weighted by Crippen LogP contribution is 2.13. The topological polar surface area (TPSA) is 52.6 Å². The van der Waals surface area contributed by atoms with Gasteiger partial charge in [-0.25, -0.2) is 0 Å². The lowest BCUT2D eigenvalue weighted by Gasteiger charge is -2.24. The first-order chi connectivity index (χ1) is 9.10. The first kappa shape index (κ1) is 14.0. The largest absolute Gasteiger partial charge is 0.392 e. The summed E-state index contributed by atoms with van der Waals surface area (Å²) in [5.74, 6) is 0.0838. The Bertz CT molecular complexity index is 448. The van der Waals surface area contributed by atoms with Crippen molar-refractivity contribution in [2.24, 2.45) is 0 Å². The summed E-state index contributed by atoms with van der Waals surface area (Å²) in [5, 5.41) is 12.6. The Balaban J connectivity index is 2.01. The first-order valence-electron chi connectivity index (χ1n) is 6.86. The van der Waals surface area contributed by atoms with E-state index in [0.717, 1.165) is 5.56 Å². The number of aliphatic hydroxyl groups is 1. The Morgan fingerprint density at radius 3 is 2.89 bits per heavy atom. The molecule has 0 bridgehead atoms. The van der Waals surface area contributed by atoms with Crippen LogP contribution in [0.25, 0.3) is 0 Å². The Hall–Kier alpha value is -1.39. The zero-order valence-corrected chi connectivity index (χ0v) is 11.6. The third-order valence-corrected chi connectivity index (χ3v) is 3.56. The lowest BCUT2D eigenvalue weighted by Crippen LogP contribution is -2.43. The Labute approximate surface area is 114 Å². The average Bonchev–Trinajstić information content (AvgIpc) is 2.82. The van der Waals surface area contributed by atoms with Gasteiger partial charge in [-0.15, -0.1) is 0 Å². The Kier molecular flexibility index (Phi) is 4.56. The van der Waals surface area contributed by atoms with Crippen molar-refractivity contribution in [1.29, 1.82) is 0 Å². The molecule has 1 aliphatic heterocycles. The van der Waals surface area contributed by atoms with E-state index in [2.05, 4.69) is 24.4 Å². The van der Waals surface area contributed by atoms with Crippen LogP contribution in [-0.2, 0) is 11.3 Å². The third kappa shape index (κ3) is 3.55. The van der Waals surface area contributed by atoms with Gasteiger partial charge in [-0.2, -0.15) is 0 Å². The summed E-state index contributed by atoms with van der Waals surface area (Å²) in [6.45, 7) is 5.86. The predicted molar refractivity (Wildman–Crippen MR) is 74.7 cm³/mol. The van der Waals surface area contributed by atoms with Crippen LogP contribution in [-0.4, -0.2) is 41.1 Å². The van der Waals surface area contributed by atoms with Crippen LogP contribution in [0.15, 0.2) is 24.3 Å². The molecule has 1 saturated heterocycles. The molecule has 1 heterocycles. The normalized spacial score (nSPS) is 22.5. The summed E-state index contributed by atoms with van der Waals surface area (Å²) >= 11 is 0. The van der Waals surface area contributed by atoms with Crippen LogP contribution in [0.3, 0.4) is 0 Å². The molecule has 0 aromatic heterocycles. The third-order valence-electron chi connectivity index (χ3n) is 3.56. The van der Waals surface area contributed by atoms with E-state index >= 15 is 0 Å². The maximum absolute atomic E-state index is 12.4. The fourth-order valence-electron chi connectivity index (χ4n) is 2.50. The van der Waals surface area contributed by atoms with Crippen molar-refractivity contribution in [2.45, 2.75) is 39.0 Å². The minimum absolute atomic E-state index is 0.0838. The molecule has 4 heteroatoms. The molecule has 104 valence electrons. The summed E-state index contributed by atoms with van der Waals surface area (Å²) in [6.07, 6.45) is 0.120. The standard InChI is InChI=1S/C15H22N2O2/c1-3-17(10-12-6-4-5-11(2)7-12)15(19)14-8-13(18)9-16-14/h4-7,13-14,16,18H,3,8-10H2,1-2H3. The van der Waals surface area contributed by atoms with E-state index < -0.39 is 6.10 Å². The number of nitrogens with zero attached hydrogens (tertiary/aromatic N) is 1. The molecule has 0 spiro atoms. The fraction of sp³-hybridized carbons (Fsp3) is 0.533. The number of rotatable bonds is 4. The molecule has 1 amide bonds. The van der Waals surface area contributed by atoms with Crippen LogP contribution in [0, 0.1) is 6.92 Å². The highest BCUT2D eigenvalue weighted by atomic mass is 16.3. The zero-order chi connectivity index (χ0) is 13.8. The Morgan fingerprint density at radius 1 is 1.53 bits per heavy atom. The second-order valence-electron chi connectivity index (χ2n) is 5.19. The second kappa shape index (κ2) is 6.17. The van der Waals surface area contributed by atoms with Crippen molar-refractivity contribution in [3.8, 4) is 0 Å². The van der Waals surface area contributed by atoms with Gasteiger partial charge < -0.3 is 15.3 Å². The van der Waals surface area contributed by atoms with Crippen LogP contribution in [0.5, 0.6) is 0 Å². The van der Waals surface area contributed by atoms with Crippen LogP contribution < -0.4 is 5.32 Å².